The lowest BCUT2D eigenvalue weighted by molar-refractivity contribution is -0.141. The van der Waals surface area contributed by atoms with Crippen LogP contribution in [0.15, 0.2) is 12.5 Å². The number of methoxy groups -OCH3 is 1. The van der Waals surface area contributed by atoms with Crippen LogP contribution in [0, 0.1) is 0 Å². The fourth-order valence-electron chi connectivity index (χ4n) is 1.75. The van der Waals surface area contributed by atoms with Crippen LogP contribution >= 0.6 is 0 Å². The Morgan fingerprint density at radius 2 is 2.44 bits per heavy atom. The minimum atomic E-state index is -0.208. The number of likely N-dealkylation sites (N-methyl/N-ethyl adjacent to an activating group) is 1. The largest absolute Gasteiger partial charge is 0.468 e. The maximum absolute atomic E-state index is 11.1. The number of nitrogens with zero attached hydrogens (tertiary/aromatic N) is 3. The highest BCUT2D eigenvalue weighted by Gasteiger charge is 2.25. The van der Waals surface area contributed by atoms with Crippen LogP contribution in [0.5, 0.6) is 0 Å². The molecule has 1 aromatic heterocycles. The molecular formula is C11H17N3O2. The Kier molecular flexibility index (Phi) is 3.24. The molecule has 0 bridgehead atoms. The molecule has 0 aliphatic heterocycles. The summed E-state index contributed by atoms with van der Waals surface area (Å²) in [6.07, 6.45) is 6.22. The molecule has 0 spiro atoms. The number of hydrogen-bond acceptors (Lipinski definition) is 4. The second-order valence-corrected chi connectivity index (χ2v) is 4.27. The first-order valence-electron chi connectivity index (χ1n) is 5.46. The SMILES string of the molecule is COC(=O)CN(C)Cc1cncn1C1CC1. The molecule has 16 heavy (non-hydrogen) atoms. The highest BCUT2D eigenvalue weighted by Crippen LogP contribution is 2.35. The number of rotatable bonds is 5. The summed E-state index contributed by atoms with van der Waals surface area (Å²) in [6.45, 7) is 1.04. The Labute approximate surface area is 95.0 Å². The fraction of sp³-hybridized carbons (Fsp3) is 0.636. The van der Waals surface area contributed by atoms with Gasteiger partial charge in [-0.25, -0.2) is 4.98 Å². The molecule has 0 amide bonds. The van der Waals surface area contributed by atoms with Crippen molar-refractivity contribution in [3.05, 3.63) is 18.2 Å². The number of hydrogen-bond donors (Lipinski definition) is 0. The quantitative estimate of drug-likeness (QED) is 0.693. The summed E-state index contributed by atoms with van der Waals surface area (Å²) in [6, 6.07) is 0.629. The zero-order chi connectivity index (χ0) is 11.5. The first kappa shape index (κ1) is 11.1. The molecule has 1 aliphatic carbocycles. The molecule has 0 atom stereocenters. The molecule has 0 N–H and O–H groups in total. The van der Waals surface area contributed by atoms with Gasteiger partial charge in [-0.3, -0.25) is 9.69 Å². The fourth-order valence-corrected chi connectivity index (χ4v) is 1.75. The Hall–Kier alpha value is -1.36. The van der Waals surface area contributed by atoms with Crippen molar-refractivity contribution >= 4 is 5.97 Å². The van der Waals surface area contributed by atoms with E-state index in [0.29, 0.717) is 12.6 Å². The summed E-state index contributed by atoms with van der Waals surface area (Å²) >= 11 is 0. The van der Waals surface area contributed by atoms with Crippen molar-refractivity contribution in [3.63, 3.8) is 0 Å². The third-order valence-electron chi connectivity index (χ3n) is 2.75. The van der Waals surface area contributed by atoms with Crippen molar-refractivity contribution in [1.29, 1.82) is 0 Å². The number of esters is 1. The molecule has 5 heteroatoms. The van der Waals surface area contributed by atoms with E-state index in [1.165, 1.54) is 20.0 Å². The highest BCUT2D eigenvalue weighted by atomic mass is 16.5. The van der Waals surface area contributed by atoms with Crippen molar-refractivity contribution in [2.75, 3.05) is 20.7 Å². The molecule has 1 heterocycles. The maximum atomic E-state index is 11.1. The highest BCUT2D eigenvalue weighted by molar-refractivity contribution is 5.71. The molecule has 88 valence electrons. The molecule has 0 radical (unpaired) electrons. The van der Waals surface area contributed by atoms with Gasteiger partial charge in [-0.05, 0) is 19.9 Å². The molecule has 5 nitrogen and oxygen atoms in total. The van der Waals surface area contributed by atoms with E-state index in [9.17, 15) is 4.79 Å². The number of ether oxygens (including phenoxy) is 1. The van der Waals surface area contributed by atoms with E-state index in [1.807, 2.05) is 24.5 Å². The first-order valence-corrected chi connectivity index (χ1v) is 5.46. The Morgan fingerprint density at radius 1 is 1.69 bits per heavy atom. The number of carbonyl (C=O) groups excluding carboxylic acids is 1. The van der Waals surface area contributed by atoms with Crippen LogP contribution in [-0.2, 0) is 16.1 Å². The minimum Gasteiger partial charge on any atom is -0.468 e. The van der Waals surface area contributed by atoms with Gasteiger partial charge in [0.25, 0.3) is 0 Å². The summed E-state index contributed by atoms with van der Waals surface area (Å²) in [5.41, 5.74) is 1.16. The zero-order valence-electron chi connectivity index (χ0n) is 9.72. The van der Waals surface area contributed by atoms with Crippen LogP contribution in [-0.4, -0.2) is 41.1 Å². The van der Waals surface area contributed by atoms with E-state index in [-0.39, 0.29) is 5.97 Å². The van der Waals surface area contributed by atoms with Gasteiger partial charge in [-0.15, -0.1) is 0 Å². The monoisotopic (exact) mass is 223 g/mol. The summed E-state index contributed by atoms with van der Waals surface area (Å²) in [5, 5.41) is 0. The smallest absolute Gasteiger partial charge is 0.319 e. The van der Waals surface area contributed by atoms with Gasteiger partial charge in [0.1, 0.15) is 0 Å². The maximum Gasteiger partial charge on any atom is 0.319 e. The third-order valence-corrected chi connectivity index (χ3v) is 2.75. The summed E-state index contributed by atoms with van der Waals surface area (Å²) in [4.78, 5) is 17.2. The van der Waals surface area contributed by atoms with E-state index in [0.717, 1.165) is 12.2 Å². The van der Waals surface area contributed by atoms with Crippen LogP contribution < -0.4 is 0 Å². The van der Waals surface area contributed by atoms with Gasteiger partial charge in [0.15, 0.2) is 0 Å². The number of carbonyl (C=O) groups is 1. The second kappa shape index (κ2) is 4.65. The van der Waals surface area contributed by atoms with Crippen LogP contribution in [0.25, 0.3) is 0 Å². The zero-order valence-corrected chi connectivity index (χ0v) is 9.72. The van der Waals surface area contributed by atoms with Crippen molar-refractivity contribution < 1.29 is 9.53 Å². The molecule has 2 rings (SSSR count). The number of aromatic nitrogens is 2. The second-order valence-electron chi connectivity index (χ2n) is 4.27. The predicted octanol–water partition coefficient (Wildman–Crippen LogP) is 0.823. The van der Waals surface area contributed by atoms with Gasteiger partial charge in [-0.2, -0.15) is 0 Å². The van der Waals surface area contributed by atoms with E-state index in [2.05, 4.69) is 14.3 Å². The Bertz CT molecular complexity index is 371. The van der Waals surface area contributed by atoms with Crippen LogP contribution in [0.2, 0.25) is 0 Å². The molecule has 1 saturated carbocycles. The molecule has 0 unspecified atom stereocenters. The first-order chi connectivity index (χ1) is 7.70. The average molecular weight is 223 g/mol. The van der Waals surface area contributed by atoms with E-state index >= 15 is 0 Å². The van der Waals surface area contributed by atoms with Gasteiger partial charge in [-0.1, -0.05) is 0 Å². The summed E-state index contributed by atoms with van der Waals surface area (Å²) < 4.78 is 6.83. The standard InChI is InChI=1S/C11H17N3O2/c1-13(7-11(15)16-2)6-10-5-12-8-14(10)9-3-4-9/h5,8-9H,3-4,6-7H2,1-2H3. The predicted molar refractivity (Wildman–Crippen MR) is 58.8 cm³/mol. The van der Waals surface area contributed by atoms with Crippen LogP contribution in [0.1, 0.15) is 24.6 Å². The van der Waals surface area contributed by atoms with E-state index in [1.54, 1.807) is 0 Å². The lowest BCUT2D eigenvalue weighted by atomic mass is 10.4. The third kappa shape index (κ3) is 2.61. The average Bonchev–Trinajstić information content (AvgIpc) is 3.00. The van der Waals surface area contributed by atoms with Crippen LogP contribution in [0.3, 0.4) is 0 Å². The topological polar surface area (TPSA) is 47.4 Å². The summed E-state index contributed by atoms with van der Waals surface area (Å²) in [7, 11) is 3.31. The lowest BCUT2D eigenvalue weighted by Gasteiger charge is -2.16. The van der Waals surface area contributed by atoms with Gasteiger partial charge in [0.2, 0.25) is 0 Å². The van der Waals surface area contributed by atoms with Gasteiger partial charge >= 0.3 is 5.97 Å². The van der Waals surface area contributed by atoms with Gasteiger partial charge in [0.05, 0.1) is 25.7 Å². The van der Waals surface area contributed by atoms with E-state index < -0.39 is 0 Å². The molecule has 0 saturated heterocycles. The molecule has 1 fully saturated rings. The Balaban J connectivity index is 1.92. The van der Waals surface area contributed by atoms with Crippen molar-refractivity contribution in [2.24, 2.45) is 0 Å². The van der Waals surface area contributed by atoms with Gasteiger partial charge < -0.3 is 9.30 Å². The molecular weight excluding hydrogens is 206 g/mol. The summed E-state index contributed by atoms with van der Waals surface area (Å²) in [5.74, 6) is -0.208. The molecule has 1 aliphatic rings. The van der Waals surface area contributed by atoms with Crippen molar-refractivity contribution in [2.45, 2.75) is 25.4 Å². The van der Waals surface area contributed by atoms with Crippen molar-refractivity contribution in [3.8, 4) is 0 Å². The lowest BCUT2D eigenvalue weighted by Crippen LogP contribution is -2.27. The van der Waals surface area contributed by atoms with E-state index in [4.69, 9.17) is 0 Å². The molecule has 1 aromatic rings. The number of imidazole rings is 1. The van der Waals surface area contributed by atoms with Gasteiger partial charge in [0, 0.05) is 18.8 Å². The normalized spacial score (nSPS) is 15.4. The van der Waals surface area contributed by atoms with Crippen molar-refractivity contribution in [1.82, 2.24) is 14.5 Å². The van der Waals surface area contributed by atoms with Crippen LogP contribution in [0.4, 0.5) is 0 Å². The minimum absolute atomic E-state index is 0.208. The molecule has 0 aromatic carbocycles. The Morgan fingerprint density at radius 3 is 3.06 bits per heavy atom.